The summed E-state index contributed by atoms with van der Waals surface area (Å²) in [5.74, 6) is 1.23. The van der Waals surface area contributed by atoms with Gasteiger partial charge in [-0.2, -0.15) is 0 Å². The lowest BCUT2D eigenvalue weighted by Crippen LogP contribution is -2.48. The number of ether oxygens (including phenoxy) is 1. The number of methoxy groups -OCH3 is 1. The molecule has 1 aliphatic carbocycles. The summed E-state index contributed by atoms with van der Waals surface area (Å²) in [6, 6.07) is 4.32. The first-order valence-electron chi connectivity index (χ1n) is 10.1. The number of amides is 1. The molecule has 0 N–H and O–H groups in total. The lowest BCUT2D eigenvalue weighted by molar-refractivity contribution is 0.0707. The van der Waals surface area contributed by atoms with Crippen LogP contribution in [0.3, 0.4) is 0 Å². The van der Waals surface area contributed by atoms with Crippen LogP contribution in [0.1, 0.15) is 41.7 Å². The summed E-state index contributed by atoms with van der Waals surface area (Å²) >= 11 is 0. The van der Waals surface area contributed by atoms with Gasteiger partial charge in [-0.3, -0.25) is 9.59 Å². The molecule has 1 saturated carbocycles. The predicted molar refractivity (Wildman–Crippen MR) is 109 cm³/mol. The Morgan fingerprint density at radius 2 is 1.83 bits per heavy atom. The first-order chi connectivity index (χ1) is 14.0. The van der Waals surface area contributed by atoms with E-state index in [-0.39, 0.29) is 11.5 Å². The molecule has 0 unspecified atom stereocenters. The van der Waals surface area contributed by atoms with Crippen LogP contribution in [0.5, 0.6) is 5.75 Å². The van der Waals surface area contributed by atoms with Crippen molar-refractivity contribution in [1.29, 1.82) is 0 Å². The molecular formula is C21H27N5O3. The Morgan fingerprint density at radius 1 is 1.14 bits per heavy atom. The number of hydrogen-bond donors (Lipinski definition) is 0. The molecule has 0 radical (unpaired) electrons. The van der Waals surface area contributed by atoms with E-state index >= 15 is 0 Å². The highest BCUT2D eigenvalue weighted by atomic mass is 16.5. The van der Waals surface area contributed by atoms with E-state index in [9.17, 15) is 9.59 Å². The third-order valence-corrected chi connectivity index (χ3v) is 5.78. The minimum absolute atomic E-state index is 0.0910. The predicted octanol–water partition coefficient (Wildman–Crippen LogP) is 1.77. The van der Waals surface area contributed by atoms with E-state index in [0.29, 0.717) is 36.5 Å². The fourth-order valence-corrected chi connectivity index (χ4v) is 4.07. The monoisotopic (exact) mass is 397 g/mol. The summed E-state index contributed by atoms with van der Waals surface area (Å²) < 4.78 is 6.69. The van der Waals surface area contributed by atoms with Gasteiger partial charge >= 0.3 is 0 Å². The van der Waals surface area contributed by atoms with Crippen LogP contribution < -0.4 is 15.2 Å². The van der Waals surface area contributed by atoms with E-state index in [2.05, 4.69) is 14.9 Å². The molecule has 154 valence electrons. The van der Waals surface area contributed by atoms with Gasteiger partial charge in [0.1, 0.15) is 17.9 Å². The highest BCUT2D eigenvalue weighted by Crippen LogP contribution is 2.35. The third kappa shape index (κ3) is 3.97. The molecule has 0 bridgehead atoms. The van der Waals surface area contributed by atoms with Crippen LogP contribution in [0, 0.1) is 6.92 Å². The van der Waals surface area contributed by atoms with Crippen molar-refractivity contribution in [2.45, 2.75) is 44.7 Å². The highest BCUT2D eigenvalue weighted by molar-refractivity contribution is 5.96. The quantitative estimate of drug-likeness (QED) is 0.765. The van der Waals surface area contributed by atoms with Crippen molar-refractivity contribution in [1.82, 2.24) is 19.4 Å². The van der Waals surface area contributed by atoms with Crippen molar-refractivity contribution in [2.75, 3.05) is 25.1 Å². The normalized spacial score (nSPS) is 17.3. The van der Waals surface area contributed by atoms with Gasteiger partial charge in [-0.15, -0.1) is 0 Å². The molecule has 29 heavy (non-hydrogen) atoms. The molecule has 4 rings (SSSR count). The minimum Gasteiger partial charge on any atom is -0.496 e. The molecule has 8 nitrogen and oxygen atoms in total. The van der Waals surface area contributed by atoms with E-state index in [1.54, 1.807) is 19.6 Å². The number of nitrogens with zero attached hydrogens (tertiary/aromatic N) is 5. The van der Waals surface area contributed by atoms with Crippen LogP contribution in [0.15, 0.2) is 29.5 Å². The van der Waals surface area contributed by atoms with Crippen molar-refractivity contribution < 1.29 is 9.53 Å². The molecule has 0 atom stereocenters. The molecule has 0 spiro atoms. The van der Waals surface area contributed by atoms with Gasteiger partial charge in [0.2, 0.25) is 0 Å². The lowest BCUT2D eigenvalue weighted by atomic mass is 10.0. The summed E-state index contributed by atoms with van der Waals surface area (Å²) in [6.45, 7) is 3.32. The molecule has 2 fully saturated rings. The number of aryl methyl sites for hydroxylation is 2. The second-order valence-electron chi connectivity index (χ2n) is 7.88. The number of rotatable bonds is 5. The average molecular weight is 397 g/mol. The van der Waals surface area contributed by atoms with Crippen LogP contribution >= 0.6 is 0 Å². The summed E-state index contributed by atoms with van der Waals surface area (Å²) in [5, 5.41) is 0. The van der Waals surface area contributed by atoms with Crippen LogP contribution in [0.4, 0.5) is 5.82 Å². The number of carbonyl (C=O) groups excluding carboxylic acids is 1. The zero-order valence-corrected chi connectivity index (χ0v) is 17.2. The number of anilines is 1. The SMILES string of the molecule is COc1cc(=O)n(C)cc1C(=O)N1CCC(N(c2cc(C)ncn2)C2CC2)CC1. The van der Waals surface area contributed by atoms with Crippen LogP contribution in [0.25, 0.3) is 0 Å². The maximum absolute atomic E-state index is 13.1. The molecule has 1 amide bonds. The van der Waals surface area contributed by atoms with E-state index in [4.69, 9.17) is 4.74 Å². The van der Waals surface area contributed by atoms with Gasteiger partial charge in [-0.1, -0.05) is 0 Å². The molecule has 2 aliphatic rings. The van der Waals surface area contributed by atoms with Crippen molar-refractivity contribution >= 4 is 11.7 Å². The Morgan fingerprint density at radius 3 is 2.45 bits per heavy atom. The third-order valence-electron chi connectivity index (χ3n) is 5.78. The van der Waals surface area contributed by atoms with Crippen molar-refractivity contribution in [3.05, 3.63) is 46.3 Å². The molecule has 1 saturated heterocycles. The van der Waals surface area contributed by atoms with Crippen LogP contribution in [-0.4, -0.2) is 57.6 Å². The Bertz CT molecular complexity index is 961. The van der Waals surface area contributed by atoms with Gasteiger partial charge in [-0.25, -0.2) is 9.97 Å². The second kappa shape index (κ2) is 7.85. The summed E-state index contributed by atoms with van der Waals surface area (Å²) in [7, 11) is 3.12. The van der Waals surface area contributed by atoms with Gasteiger partial charge in [0.05, 0.1) is 12.7 Å². The number of carbonyl (C=O) groups is 1. The fraction of sp³-hybridized carbons (Fsp3) is 0.524. The summed E-state index contributed by atoms with van der Waals surface area (Å²) in [6.07, 6.45) is 7.36. The van der Waals surface area contributed by atoms with Gasteiger partial charge in [0.25, 0.3) is 11.5 Å². The van der Waals surface area contributed by atoms with Crippen molar-refractivity contribution in [3.63, 3.8) is 0 Å². The smallest absolute Gasteiger partial charge is 0.259 e. The van der Waals surface area contributed by atoms with Gasteiger partial charge in [0, 0.05) is 56.2 Å². The molecule has 0 aromatic carbocycles. The van der Waals surface area contributed by atoms with Crippen LogP contribution in [0.2, 0.25) is 0 Å². The zero-order chi connectivity index (χ0) is 20.5. The average Bonchev–Trinajstić information content (AvgIpc) is 3.55. The highest BCUT2D eigenvalue weighted by Gasteiger charge is 2.37. The van der Waals surface area contributed by atoms with Crippen molar-refractivity contribution in [3.8, 4) is 5.75 Å². The zero-order valence-electron chi connectivity index (χ0n) is 17.2. The molecule has 2 aromatic heterocycles. The summed E-state index contributed by atoms with van der Waals surface area (Å²) in [5.41, 5.74) is 1.20. The van der Waals surface area contributed by atoms with E-state index in [1.165, 1.54) is 30.6 Å². The summed E-state index contributed by atoms with van der Waals surface area (Å²) in [4.78, 5) is 37.9. The first-order valence-corrected chi connectivity index (χ1v) is 10.1. The number of aromatic nitrogens is 3. The maximum Gasteiger partial charge on any atom is 0.259 e. The number of pyridine rings is 1. The largest absolute Gasteiger partial charge is 0.496 e. The molecule has 8 heteroatoms. The Kier molecular flexibility index (Phi) is 5.25. The Hall–Kier alpha value is -2.90. The number of piperidine rings is 1. The minimum atomic E-state index is -0.197. The van der Waals surface area contributed by atoms with E-state index in [0.717, 1.165) is 24.4 Å². The fourth-order valence-electron chi connectivity index (χ4n) is 4.07. The van der Waals surface area contributed by atoms with E-state index in [1.807, 2.05) is 17.9 Å². The lowest BCUT2D eigenvalue weighted by Gasteiger charge is -2.39. The molecular weight excluding hydrogens is 370 g/mol. The maximum atomic E-state index is 13.1. The molecule has 2 aromatic rings. The van der Waals surface area contributed by atoms with E-state index < -0.39 is 0 Å². The van der Waals surface area contributed by atoms with Gasteiger partial charge in [0.15, 0.2) is 0 Å². The molecule has 3 heterocycles. The topological polar surface area (TPSA) is 80.6 Å². The van der Waals surface area contributed by atoms with Crippen LogP contribution in [-0.2, 0) is 7.05 Å². The van der Waals surface area contributed by atoms with Crippen molar-refractivity contribution in [2.24, 2.45) is 7.05 Å². The van der Waals surface area contributed by atoms with Gasteiger partial charge < -0.3 is 19.1 Å². The number of hydrogen-bond acceptors (Lipinski definition) is 6. The Labute approximate surface area is 170 Å². The molecule has 1 aliphatic heterocycles. The second-order valence-corrected chi connectivity index (χ2v) is 7.88. The standard InChI is InChI=1S/C21H27N5O3/c1-14-10-19(23-13-22-14)26(15-4-5-15)16-6-8-25(9-7-16)21(28)17-12-24(2)20(27)11-18(17)29-3/h10-13,15-16H,4-9H2,1-3H3. The number of likely N-dealkylation sites (tertiary alicyclic amines) is 1. The Balaban J connectivity index is 1.48. The first kappa shape index (κ1) is 19.4. The van der Waals surface area contributed by atoms with Gasteiger partial charge in [-0.05, 0) is 32.6 Å².